The summed E-state index contributed by atoms with van der Waals surface area (Å²) in [6.07, 6.45) is 6.34. The van der Waals surface area contributed by atoms with Gasteiger partial charge in [-0.05, 0) is 12.8 Å². The third-order valence-corrected chi connectivity index (χ3v) is 2.52. The van der Waals surface area contributed by atoms with Gasteiger partial charge in [0.05, 0.1) is 12.2 Å². The first-order valence-corrected chi connectivity index (χ1v) is 3.85. The zero-order chi connectivity index (χ0) is 6.27. The quantitative estimate of drug-likeness (QED) is 0.525. The van der Waals surface area contributed by atoms with E-state index >= 15 is 0 Å². The van der Waals surface area contributed by atoms with Crippen molar-refractivity contribution in [1.29, 1.82) is 0 Å². The van der Waals surface area contributed by atoms with Crippen molar-refractivity contribution in [3.05, 3.63) is 6.92 Å². The van der Waals surface area contributed by atoms with E-state index in [1.54, 1.807) is 0 Å². The number of ether oxygens (including phenoxy) is 1. The van der Waals surface area contributed by atoms with E-state index in [2.05, 4.69) is 6.92 Å². The molecule has 58 valence electrons. The standard InChI is InChI=1S/C8H13O.Sm/c1-2-6-3-4-7-8(5-6)9-7;/h6-8H,1-5H2;/q-1;. The molecule has 0 radical (unpaired) electrons. The molecule has 3 unspecified atom stereocenters. The van der Waals surface area contributed by atoms with Gasteiger partial charge in [-0.25, -0.2) is 0 Å². The Morgan fingerprint density at radius 2 is 2.10 bits per heavy atom. The molecule has 1 heterocycles. The Labute approximate surface area is 95.0 Å². The first-order chi connectivity index (χ1) is 4.40. The van der Waals surface area contributed by atoms with E-state index in [9.17, 15) is 0 Å². The first kappa shape index (κ1) is 9.39. The molecule has 0 amide bonds. The molecule has 0 aromatic carbocycles. The van der Waals surface area contributed by atoms with E-state index in [4.69, 9.17) is 4.74 Å². The third kappa shape index (κ3) is 1.91. The van der Waals surface area contributed by atoms with Crippen molar-refractivity contribution in [1.82, 2.24) is 0 Å². The largest absolute Gasteiger partial charge is 0.370 e. The Hall–Kier alpha value is 1.30. The predicted molar refractivity (Wildman–Crippen MR) is 36.0 cm³/mol. The van der Waals surface area contributed by atoms with Crippen LogP contribution in [0.5, 0.6) is 0 Å². The minimum Gasteiger partial charge on any atom is -0.370 e. The van der Waals surface area contributed by atoms with E-state index in [1.165, 1.54) is 19.3 Å². The molecule has 10 heavy (non-hydrogen) atoms. The summed E-state index contributed by atoms with van der Waals surface area (Å²) in [7, 11) is 0. The fraction of sp³-hybridized carbons (Fsp3) is 0.875. The van der Waals surface area contributed by atoms with Gasteiger partial charge in [-0.2, -0.15) is 6.42 Å². The number of hydrogen-bond acceptors (Lipinski definition) is 1. The Morgan fingerprint density at radius 3 is 2.70 bits per heavy atom. The van der Waals surface area contributed by atoms with Crippen LogP contribution in [0.1, 0.15) is 25.7 Å². The summed E-state index contributed by atoms with van der Waals surface area (Å²) >= 11 is 0. The third-order valence-electron chi connectivity index (χ3n) is 2.52. The normalized spacial score (nSPS) is 43.5. The Kier molecular flexibility index (Phi) is 3.57. The second kappa shape index (κ2) is 3.80. The van der Waals surface area contributed by atoms with Crippen LogP contribution in [0.3, 0.4) is 0 Å². The molecule has 2 heteroatoms. The second-order valence-electron chi connectivity index (χ2n) is 3.18. The molecule has 1 nitrogen and oxygen atoms in total. The second-order valence-corrected chi connectivity index (χ2v) is 3.18. The molecule has 1 saturated carbocycles. The maximum absolute atomic E-state index is 5.38. The van der Waals surface area contributed by atoms with Crippen molar-refractivity contribution in [2.24, 2.45) is 5.92 Å². The van der Waals surface area contributed by atoms with Gasteiger partial charge in [-0.1, -0.05) is 12.3 Å². The Bertz CT molecular complexity index is 116. The molecule has 3 atom stereocenters. The molecule has 0 N–H and O–H groups in total. The van der Waals surface area contributed by atoms with Crippen LogP contribution in [0.15, 0.2) is 0 Å². The van der Waals surface area contributed by atoms with Gasteiger partial charge >= 0.3 is 0 Å². The SMILES string of the molecule is [CH2-]CC1CCC2OC2C1.[Sm]. The molecule has 1 aliphatic heterocycles. The fourth-order valence-electron chi connectivity index (χ4n) is 1.75. The van der Waals surface area contributed by atoms with Gasteiger partial charge in [0.2, 0.25) is 0 Å². The monoisotopic (exact) mass is 277 g/mol. The summed E-state index contributed by atoms with van der Waals surface area (Å²) in [5.41, 5.74) is 0. The Balaban J connectivity index is 0.000000500. The molecule has 1 aliphatic carbocycles. The van der Waals surface area contributed by atoms with Crippen molar-refractivity contribution in [2.75, 3.05) is 0 Å². The van der Waals surface area contributed by atoms with Crippen molar-refractivity contribution in [3.63, 3.8) is 0 Å². The number of rotatable bonds is 1. The minimum atomic E-state index is 0. The fourth-order valence-corrected chi connectivity index (χ4v) is 1.75. The molecular formula is C8H13OSm-. The maximum Gasteiger partial charge on any atom is 0.0843 e. The summed E-state index contributed by atoms with van der Waals surface area (Å²) in [6, 6.07) is 0. The van der Waals surface area contributed by atoms with E-state index < -0.39 is 0 Å². The van der Waals surface area contributed by atoms with Gasteiger partial charge in [0.1, 0.15) is 0 Å². The van der Waals surface area contributed by atoms with Crippen LogP contribution in [-0.4, -0.2) is 12.2 Å². The van der Waals surface area contributed by atoms with Crippen LogP contribution >= 0.6 is 0 Å². The van der Waals surface area contributed by atoms with Crippen LogP contribution in [-0.2, 0) is 4.74 Å². The van der Waals surface area contributed by atoms with Gasteiger partial charge in [-0.3, -0.25) is 0 Å². The maximum atomic E-state index is 5.38. The summed E-state index contributed by atoms with van der Waals surface area (Å²) in [4.78, 5) is 0. The molecule has 2 fully saturated rings. The topological polar surface area (TPSA) is 12.5 Å². The van der Waals surface area contributed by atoms with Crippen LogP contribution in [0.4, 0.5) is 0 Å². The molecule has 2 rings (SSSR count). The van der Waals surface area contributed by atoms with Crippen molar-refractivity contribution in [2.45, 2.75) is 37.9 Å². The van der Waals surface area contributed by atoms with Crippen LogP contribution in [0, 0.1) is 53.2 Å². The van der Waals surface area contributed by atoms with Gasteiger partial charge in [0.25, 0.3) is 0 Å². The van der Waals surface area contributed by atoms with E-state index in [-0.39, 0.29) is 40.4 Å². The van der Waals surface area contributed by atoms with E-state index in [1.807, 2.05) is 0 Å². The van der Waals surface area contributed by atoms with Gasteiger partial charge in [-0.15, -0.1) is 0 Å². The molecular weight excluding hydrogens is 262 g/mol. The van der Waals surface area contributed by atoms with Crippen LogP contribution in [0.25, 0.3) is 0 Å². The van der Waals surface area contributed by atoms with Gasteiger partial charge in [0.15, 0.2) is 0 Å². The smallest absolute Gasteiger partial charge is 0.0843 e. The summed E-state index contributed by atoms with van der Waals surface area (Å²) in [5.74, 6) is 0.869. The molecule has 1 saturated heterocycles. The summed E-state index contributed by atoms with van der Waals surface area (Å²) in [5, 5.41) is 0. The van der Waals surface area contributed by atoms with Gasteiger partial charge in [0, 0.05) is 40.4 Å². The Morgan fingerprint density at radius 1 is 1.30 bits per heavy atom. The minimum absolute atomic E-state index is 0. The van der Waals surface area contributed by atoms with E-state index in [0.717, 1.165) is 12.3 Å². The zero-order valence-electron chi connectivity index (χ0n) is 6.08. The molecule has 0 bridgehead atoms. The molecule has 0 spiro atoms. The molecule has 0 aromatic rings. The first-order valence-electron chi connectivity index (χ1n) is 3.85. The van der Waals surface area contributed by atoms with Crippen molar-refractivity contribution < 1.29 is 45.1 Å². The van der Waals surface area contributed by atoms with Crippen LogP contribution < -0.4 is 0 Å². The predicted octanol–water partition coefficient (Wildman–Crippen LogP) is 1.78. The zero-order valence-corrected chi connectivity index (χ0v) is 8.70. The van der Waals surface area contributed by atoms with E-state index in [0.29, 0.717) is 12.2 Å². The number of fused-ring (bicyclic) bond motifs is 1. The average molecular weight is 276 g/mol. The molecule has 2 aliphatic rings. The summed E-state index contributed by atoms with van der Waals surface area (Å²) in [6.45, 7) is 3.91. The van der Waals surface area contributed by atoms with Crippen LogP contribution in [0.2, 0.25) is 0 Å². The van der Waals surface area contributed by atoms with Crippen molar-refractivity contribution in [3.8, 4) is 0 Å². The van der Waals surface area contributed by atoms with Gasteiger partial charge < -0.3 is 11.7 Å². The van der Waals surface area contributed by atoms with Crippen molar-refractivity contribution >= 4 is 0 Å². The molecule has 0 aromatic heterocycles. The number of epoxide rings is 1. The summed E-state index contributed by atoms with van der Waals surface area (Å²) < 4.78 is 5.38. The average Bonchev–Trinajstić information content (AvgIpc) is 2.64. The number of hydrogen-bond donors (Lipinski definition) is 0.